The van der Waals surface area contributed by atoms with Crippen LogP contribution in [0.2, 0.25) is 0 Å². The molecule has 0 saturated carbocycles. The molecule has 1 aromatic rings. The van der Waals surface area contributed by atoms with Crippen LogP contribution in [-0.2, 0) is 19.7 Å². The van der Waals surface area contributed by atoms with Gasteiger partial charge >= 0.3 is 12.1 Å². The molecule has 3 rings (SSSR count). The number of ether oxygens (including phenoxy) is 2. The second kappa shape index (κ2) is 9.24. The van der Waals surface area contributed by atoms with Crippen LogP contribution in [0.3, 0.4) is 0 Å². The quantitative estimate of drug-likeness (QED) is 0.746. The molecule has 0 amide bonds. The first-order valence-corrected chi connectivity index (χ1v) is 10.0. The summed E-state index contributed by atoms with van der Waals surface area (Å²) in [5.41, 5.74) is 0. The smallest absolute Gasteiger partial charge is 0.475 e. The molecule has 0 spiro atoms. The molecule has 0 unspecified atom stereocenters. The fourth-order valence-corrected chi connectivity index (χ4v) is 4.34. The van der Waals surface area contributed by atoms with Gasteiger partial charge in [0.1, 0.15) is 12.2 Å². The number of aromatic nitrogens is 1. The van der Waals surface area contributed by atoms with Gasteiger partial charge in [-0.3, -0.25) is 0 Å². The maximum atomic E-state index is 12.5. The number of nitrogens with zero attached hydrogens (tertiary/aromatic N) is 3. The van der Waals surface area contributed by atoms with E-state index < -0.39 is 22.4 Å². The number of carbonyl (C=O) groups is 1. The average Bonchev–Trinajstić information content (AvgIpc) is 3.01. The lowest BCUT2D eigenvalue weighted by atomic mass is 10.0. The summed E-state index contributed by atoms with van der Waals surface area (Å²) in [4.78, 5) is 13.0. The molecule has 0 bridgehead atoms. The molecule has 2 aliphatic rings. The number of rotatable bonds is 4. The summed E-state index contributed by atoms with van der Waals surface area (Å²) in [6.45, 7) is 0.922. The Morgan fingerprint density at radius 1 is 1.38 bits per heavy atom. The number of aliphatic carboxylic acids is 1. The van der Waals surface area contributed by atoms with Crippen molar-refractivity contribution in [2.24, 2.45) is 0 Å². The molecule has 2 aliphatic heterocycles. The van der Waals surface area contributed by atoms with Crippen LogP contribution < -0.4 is 4.74 Å². The molecule has 3 atom stereocenters. The van der Waals surface area contributed by atoms with Crippen LogP contribution in [-0.4, -0.2) is 84.8 Å². The molecule has 2 fully saturated rings. The van der Waals surface area contributed by atoms with Crippen molar-refractivity contribution in [2.75, 3.05) is 27.2 Å². The molecule has 164 valence electrons. The van der Waals surface area contributed by atoms with Gasteiger partial charge in [0.05, 0.1) is 12.6 Å². The van der Waals surface area contributed by atoms with Crippen molar-refractivity contribution in [2.45, 2.75) is 37.3 Å². The Hall–Kier alpha value is -1.96. The molecular weight excluding hydrogens is 419 g/mol. The zero-order chi connectivity index (χ0) is 21.8. The summed E-state index contributed by atoms with van der Waals surface area (Å²) in [5, 5.41) is 7.12. The molecule has 2 saturated heterocycles. The maximum absolute atomic E-state index is 12.5. The lowest BCUT2D eigenvalue weighted by Crippen LogP contribution is -2.47. The van der Waals surface area contributed by atoms with E-state index in [1.165, 1.54) is 8.61 Å². The average molecular weight is 441 g/mol. The van der Waals surface area contributed by atoms with Gasteiger partial charge in [-0.25, -0.2) is 9.78 Å². The van der Waals surface area contributed by atoms with E-state index >= 15 is 0 Å². The molecule has 29 heavy (non-hydrogen) atoms. The van der Waals surface area contributed by atoms with E-state index in [9.17, 15) is 21.6 Å². The zero-order valence-electron chi connectivity index (χ0n) is 15.7. The number of carboxylic acids is 1. The molecule has 3 heterocycles. The van der Waals surface area contributed by atoms with Gasteiger partial charge in [-0.15, -0.1) is 0 Å². The number of hydrogen-bond donors (Lipinski definition) is 1. The van der Waals surface area contributed by atoms with Gasteiger partial charge in [0.15, 0.2) is 0 Å². The Labute approximate surface area is 166 Å². The van der Waals surface area contributed by atoms with E-state index in [0.29, 0.717) is 12.5 Å². The van der Waals surface area contributed by atoms with Crippen molar-refractivity contribution in [1.82, 2.24) is 13.6 Å². The van der Waals surface area contributed by atoms with Crippen molar-refractivity contribution in [3.05, 3.63) is 24.4 Å². The second-order valence-corrected chi connectivity index (χ2v) is 8.63. The van der Waals surface area contributed by atoms with Crippen LogP contribution >= 0.6 is 0 Å². The van der Waals surface area contributed by atoms with E-state index in [0.717, 1.165) is 12.8 Å². The zero-order valence-corrected chi connectivity index (χ0v) is 16.6. The van der Waals surface area contributed by atoms with E-state index in [4.69, 9.17) is 19.4 Å². The van der Waals surface area contributed by atoms with Crippen LogP contribution in [0.5, 0.6) is 5.88 Å². The fraction of sp³-hybridized carbons (Fsp3) is 0.625. The van der Waals surface area contributed by atoms with Crippen LogP contribution in [0.4, 0.5) is 13.2 Å². The largest absolute Gasteiger partial charge is 0.490 e. The Morgan fingerprint density at radius 3 is 2.55 bits per heavy atom. The SMILES string of the molecule is CN(C)S(=O)(=O)N1C[C@H](Oc2ccccn2)[C@H]2OCCC[C@H]21.O=C(O)C(F)(F)F. The van der Waals surface area contributed by atoms with Crippen molar-refractivity contribution >= 4 is 16.2 Å². The number of fused-ring (bicyclic) bond motifs is 1. The van der Waals surface area contributed by atoms with Gasteiger partial charge in [0.2, 0.25) is 5.88 Å². The lowest BCUT2D eigenvalue weighted by Gasteiger charge is -2.32. The number of carboxylic acid groups (broad SMARTS) is 1. The first kappa shape index (κ1) is 23.3. The minimum atomic E-state index is -5.08. The Kier molecular flexibility index (Phi) is 7.43. The first-order valence-electron chi connectivity index (χ1n) is 8.63. The summed E-state index contributed by atoms with van der Waals surface area (Å²) in [6.07, 6.45) is -2.37. The molecule has 9 nitrogen and oxygen atoms in total. The van der Waals surface area contributed by atoms with E-state index in [2.05, 4.69) is 4.98 Å². The summed E-state index contributed by atoms with van der Waals surface area (Å²) >= 11 is 0. The highest BCUT2D eigenvalue weighted by Crippen LogP contribution is 2.33. The van der Waals surface area contributed by atoms with Gasteiger partial charge in [-0.1, -0.05) is 6.07 Å². The van der Waals surface area contributed by atoms with Gasteiger partial charge in [0.25, 0.3) is 10.2 Å². The molecule has 1 aromatic heterocycles. The van der Waals surface area contributed by atoms with Crippen LogP contribution in [0.15, 0.2) is 24.4 Å². The molecule has 0 aliphatic carbocycles. The number of alkyl halides is 3. The molecule has 1 N–H and O–H groups in total. The van der Waals surface area contributed by atoms with Crippen molar-refractivity contribution in [1.29, 1.82) is 0 Å². The van der Waals surface area contributed by atoms with Gasteiger partial charge in [-0.05, 0) is 18.9 Å². The minimum absolute atomic E-state index is 0.171. The van der Waals surface area contributed by atoms with Gasteiger partial charge < -0.3 is 14.6 Å². The summed E-state index contributed by atoms with van der Waals surface area (Å²) < 4.78 is 71.2. The van der Waals surface area contributed by atoms with Crippen LogP contribution in [0.25, 0.3) is 0 Å². The van der Waals surface area contributed by atoms with Crippen molar-refractivity contribution in [3.8, 4) is 5.88 Å². The van der Waals surface area contributed by atoms with Crippen molar-refractivity contribution < 1.29 is 41.0 Å². The van der Waals surface area contributed by atoms with Gasteiger partial charge in [-0.2, -0.15) is 30.2 Å². The summed E-state index contributed by atoms with van der Waals surface area (Å²) in [5.74, 6) is -2.27. The predicted molar refractivity (Wildman–Crippen MR) is 94.4 cm³/mol. The highest BCUT2D eigenvalue weighted by atomic mass is 32.2. The normalized spacial score (nSPS) is 25.1. The predicted octanol–water partition coefficient (Wildman–Crippen LogP) is 1.13. The fourth-order valence-electron chi connectivity index (χ4n) is 3.02. The minimum Gasteiger partial charge on any atom is -0.475 e. The number of pyridine rings is 1. The molecule has 0 aromatic carbocycles. The van der Waals surface area contributed by atoms with Crippen LogP contribution in [0, 0.1) is 0 Å². The van der Waals surface area contributed by atoms with Gasteiger partial charge in [0, 0.05) is 33.0 Å². The maximum Gasteiger partial charge on any atom is 0.490 e. The monoisotopic (exact) mass is 441 g/mol. The summed E-state index contributed by atoms with van der Waals surface area (Å²) in [6, 6.07) is 5.24. The highest BCUT2D eigenvalue weighted by molar-refractivity contribution is 7.86. The van der Waals surface area contributed by atoms with E-state index in [-0.39, 0.29) is 24.8 Å². The third-order valence-electron chi connectivity index (χ3n) is 4.34. The summed E-state index contributed by atoms with van der Waals surface area (Å²) in [7, 11) is -0.401. The van der Waals surface area contributed by atoms with Crippen molar-refractivity contribution in [3.63, 3.8) is 0 Å². The third-order valence-corrected chi connectivity index (χ3v) is 6.28. The highest BCUT2D eigenvalue weighted by Gasteiger charge is 2.50. The Morgan fingerprint density at radius 2 is 2.03 bits per heavy atom. The second-order valence-electron chi connectivity index (χ2n) is 6.53. The Bertz CT molecular complexity index is 791. The van der Waals surface area contributed by atoms with E-state index in [1.807, 2.05) is 12.1 Å². The first-order chi connectivity index (χ1) is 13.4. The molecule has 13 heteroatoms. The number of halogens is 3. The molecule has 0 radical (unpaired) electrons. The van der Waals surface area contributed by atoms with Crippen LogP contribution in [0.1, 0.15) is 12.8 Å². The Balaban J connectivity index is 0.000000370. The van der Waals surface area contributed by atoms with E-state index in [1.54, 1.807) is 26.4 Å². The lowest BCUT2D eigenvalue weighted by molar-refractivity contribution is -0.192. The molecular formula is C16H22F3N3O6S. The number of hydrogen-bond acceptors (Lipinski definition) is 6. The topological polar surface area (TPSA) is 109 Å². The standard InChI is InChI=1S/C14H21N3O4S.C2HF3O2/c1-16(2)22(18,19)17-10-12(14-11(17)6-5-9-20-14)21-13-7-3-4-8-15-13;3-2(4,5)1(6)7/h3-4,7-8,11-12,14H,5-6,9-10H2,1-2H3;(H,6,7)/t11-,12+,14+;/m1./s1. The third kappa shape index (κ3) is 5.78.